The van der Waals surface area contributed by atoms with Crippen LogP contribution in [0.25, 0.3) is 0 Å². The highest BCUT2D eigenvalue weighted by Crippen LogP contribution is 2.20. The van der Waals surface area contributed by atoms with E-state index in [0.29, 0.717) is 6.54 Å². The summed E-state index contributed by atoms with van der Waals surface area (Å²) in [7, 11) is 0. The molecule has 0 saturated heterocycles. The number of halogens is 1. The monoisotopic (exact) mass is 314 g/mol. The van der Waals surface area contributed by atoms with Gasteiger partial charge in [-0.1, -0.05) is 29.8 Å². The number of rotatable bonds is 7. The van der Waals surface area contributed by atoms with Gasteiger partial charge in [0.1, 0.15) is 5.82 Å². The van der Waals surface area contributed by atoms with Crippen molar-refractivity contribution in [1.82, 2.24) is 4.90 Å². The molecule has 0 atom stereocenters. The molecule has 2 aromatic rings. The van der Waals surface area contributed by atoms with Crippen molar-refractivity contribution in [1.29, 1.82) is 0 Å². The van der Waals surface area contributed by atoms with Crippen LogP contribution in [0.1, 0.15) is 34.2 Å². The van der Waals surface area contributed by atoms with E-state index in [1.807, 2.05) is 12.1 Å². The quantitative estimate of drug-likeness (QED) is 0.833. The molecular weight excluding hydrogens is 287 g/mol. The highest BCUT2D eigenvalue weighted by molar-refractivity contribution is 5.37. The predicted octanol–water partition coefficient (Wildman–Crippen LogP) is 4.10. The minimum absolute atomic E-state index is 0.188. The Bertz CT molecular complexity index is 612. The van der Waals surface area contributed by atoms with Crippen LogP contribution >= 0.6 is 0 Å². The molecule has 2 nitrogen and oxygen atoms in total. The molecule has 0 unspecified atom stereocenters. The van der Waals surface area contributed by atoms with Crippen molar-refractivity contribution in [3.8, 4) is 0 Å². The molecule has 0 aliphatic carbocycles. The standard InChI is InChI=1S/C20H27FN2/c1-15-11-16(2)20(17(3)12-15)14-23(10-4-9-22)13-18-5-7-19(21)8-6-18/h5-8,11-12H,4,9-10,13-14,22H2,1-3H3. The van der Waals surface area contributed by atoms with E-state index in [9.17, 15) is 4.39 Å². The summed E-state index contributed by atoms with van der Waals surface area (Å²) in [5, 5.41) is 0. The summed E-state index contributed by atoms with van der Waals surface area (Å²) in [5.41, 5.74) is 12.2. The predicted molar refractivity (Wildman–Crippen MR) is 94.8 cm³/mol. The van der Waals surface area contributed by atoms with E-state index in [-0.39, 0.29) is 5.82 Å². The van der Waals surface area contributed by atoms with Gasteiger partial charge in [-0.15, -0.1) is 0 Å². The lowest BCUT2D eigenvalue weighted by Crippen LogP contribution is -2.26. The summed E-state index contributed by atoms with van der Waals surface area (Å²) < 4.78 is 13.1. The fraction of sp³-hybridized carbons (Fsp3) is 0.400. The Labute approximate surface area is 139 Å². The fourth-order valence-corrected chi connectivity index (χ4v) is 3.06. The maximum Gasteiger partial charge on any atom is 0.123 e. The minimum Gasteiger partial charge on any atom is -0.330 e. The van der Waals surface area contributed by atoms with Crippen LogP contribution in [0.3, 0.4) is 0 Å². The van der Waals surface area contributed by atoms with Gasteiger partial charge >= 0.3 is 0 Å². The molecule has 0 fully saturated rings. The van der Waals surface area contributed by atoms with Gasteiger partial charge in [-0.3, -0.25) is 4.90 Å². The van der Waals surface area contributed by atoms with Crippen LogP contribution in [0, 0.1) is 26.6 Å². The van der Waals surface area contributed by atoms with Gasteiger partial charge in [-0.2, -0.15) is 0 Å². The van der Waals surface area contributed by atoms with E-state index < -0.39 is 0 Å². The third kappa shape index (κ3) is 5.15. The summed E-state index contributed by atoms with van der Waals surface area (Å²) >= 11 is 0. The average Bonchev–Trinajstić information content (AvgIpc) is 2.50. The maximum atomic E-state index is 13.1. The first-order chi connectivity index (χ1) is 11.0. The van der Waals surface area contributed by atoms with Crippen molar-refractivity contribution in [2.45, 2.75) is 40.3 Å². The van der Waals surface area contributed by atoms with Crippen molar-refractivity contribution in [3.63, 3.8) is 0 Å². The highest BCUT2D eigenvalue weighted by Gasteiger charge is 2.11. The summed E-state index contributed by atoms with van der Waals surface area (Å²) in [6.45, 7) is 9.83. The number of hydrogen-bond donors (Lipinski definition) is 1. The normalized spacial score (nSPS) is 11.2. The van der Waals surface area contributed by atoms with Crippen LogP contribution in [-0.2, 0) is 13.1 Å². The molecule has 0 aliphatic rings. The van der Waals surface area contributed by atoms with Crippen molar-refractivity contribution in [2.75, 3.05) is 13.1 Å². The molecule has 2 N–H and O–H groups in total. The molecule has 0 bridgehead atoms. The third-order valence-corrected chi connectivity index (χ3v) is 4.22. The smallest absolute Gasteiger partial charge is 0.123 e. The lowest BCUT2D eigenvalue weighted by atomic mass is 9.99. The number of aryl methyl sites for hydroxylation is 3. The highest BCUT2D eigenvalue weighted by atomic mass is 19.1. The molecular formula is C20H27FN2. The number of hydrogen-bond acceptors (Lipinski definition) is 2. The Morgan fingerprint density at radius 1 is 0.957 bits per heavy atom. The summed E-state index contributed by atoms with van der Waals surface area (Å²) in [6.07, 6.45) is 0.963. The molecule has 0 heterocycles. The molecule has 3 heteroatoms. The lowest BCUT2D eigenvalue weighted by Gasteiger charge is -2.24. The van der Waals surface area contributed by atoms with Crippen LogP contribution < -0.4 is 5.73 Å². The molecule has 2 rings (SSSR count). The topological polar surface area (TPSA) is 29.3 Å². The number of nitrogens with two attached hydrogens (primary N) is 1. The Morgan fingerprint density at radius 3 is 2.13 bits per heavy atom. The number of nitrogens with zero attached hydrogens (tertiary/aromatic N) is 1. The Kier molecular flexibility index (Phi) is 6.31. The first-order valence-corrected chi connectivity index (χ1v) is 8.23. The third-order valence-electron chi connectivity index (χ3n) is 4.22. The first kappa shape index (κ1) is 17.6. The van der Waals surface area contributed by atoms with Gasteiger partial charge in [-0.25, -0.2) is 4.39 Å². The summed E-state index contributed by atoms with van der Waals surface area (Å²) in [6, 6.07) is 11.2. The van der Waals surface area contributed by atoms with E-state index in [1.54, 1.807) is 0 Å². The van der Waals surface area contributed by atoms with Crippen LogP contribution in [-0.4, -0.2) is 18.0 Å². The fourth-order valence-electron chi connectivity index (χ4n) is 3.06. The zero-order valence-corrected chi connectivity index (χ0v) is 14.4. The second-order valence-corrected chi connectivity index (χ2v) is 6.36. The largest absolute Gasteiger partial charge is 0.330 e. The van der Waals surface area contributed by atoms with E-state index >= 15 is 0 Å². The van der Waals surface area contributed by atoms with Crippen molar-refractivity contribution in [3.05, 3.63) is 70.0 Å². The van der Waals surface area contributed by atoms with E-state index in [0.717, 1.165) is 31.6 Å². The molecule has 124 valence electrons. The van der Waals surface area contributed by atoms with Crippen molar-refractivity contribution < 1.29 is 4.39 Å². The zero-order valence-electron chi connectivity index (χ0n) is 14.4. The van der Waals surface area contributed by atoms with Crippen LogP contribution in [0.2, 0.25) is 0 Å². The molecule has 0 aliphatic heterocycles. The Hall–Kier alpha value is -1.71. The van der Waals surface area contributed by atoms with Crippen molar-refractivity contribution in [2.24, 2.45) is 5.73 Å². The zero-order chi connectivity index (χ0) is 16.8. The van der Waals surface area contributed by atoms with E-state index in [1.165, 1.54) is 34.4 Å². The van der Waals surface area contributed by atoms with E-state index in [2.05, 4.69) is 37.8 Å². The van der Waals surface area contributed by atoms with Gasteiger partial charge < -0.3 is 5.73 Å². The molecule has 0 amide bonds. The van der Waals surface area contributed by atoms with E-state index in [4.69, 9.17) is 5.73 Å². The maximum absolute atomic E-state index is 13.1. The van der Waals surface area contributed by atoms with Gasteiger partial charge in [0.05, 0.1) is 0 Å². The van der Waals surface area contributed by atoms with Gasteiger partial charge in [0.25, 0.3) is 0 Å². The molecule has 2 aromatic carbocycles. The van der Waals surface area contributed by atoms with Crippen LogP contribution in [0.4, 0.5) is 4.39 Å². The molecule has 0 radical (unpaired) electrons. The van der Waals surface area contributed by atoms with Crippen LogP contribution in [0.15, 0.2) is 36.4 Å². The second-order valence-electron chi connectivity index (χ2n) is 6.36. The molecule has 0 saturated carbocycles. The van der Waals surface area contributed by atoms with Crippen molar-refractivity contribution >= 4 is 0 Å². The first-order valence-electron chi connectivity index (χ1n) is 8.23. The summed E-state index contributed by atoms with van der Waals surface area (Å²) in [5.74, 6) is -0.188. The van der Waals surface area contributed by atoms with Gasteiger partial charge in [0, 0.05) is 19.6 Å². The second kappa shape index (κ2) is 8.23. The van der Waals surface area contributed by atoms with Crippen LogP contribution in [0.5, 0.6) is 0 Å². The Morgan fingerprint density at radius 2 is 1.57 bits per heavy atom. The van der Waals surface area contributed by atoms with Gasteiger partial charge in [0.2, 0.25) is 0 Å². The molecule has 0 aromatic heterocycles. The minimum atomic E-state index is -0.188. The van der Waals surface area contributed by atoms with Gasteiger partial charge in [-0.05, 0) is 68.1 Å². The average molecular weight is 314 g/mol. The van der Waals surface area contributed by atoms with Gasteiger partial charge in [0.15, 0.2) is 0 Å². The SMILES string of the molecule is Cc1cc(C)c(CN(CCCN)Cc2ccc(F)cc2)c(C)c1. The lowest BCUT2D eigenvalue weighted by molar-refractivity contribution is 0.254. The molecule has 23 heavy (non-hydrogen) atoms. The number of benzene rings is 2. The Balaban J connectivity index is 2.16. The summed E-state index contributed by atoms with van der Waals surface area (Å²) in [4.78, 5) is 2.39. The molecule has 0 spiro atoms.